The number of ether oxygens (including phenoxy) is 6. The van der Waals surface area contributed by atoms with Gasteiger partial charge in [-0.3, -0.25) is 4.79 Å². The summed E-state index contributed by atoms with van der Waals surface area (Å²) in [6, 6.07) is -0.975. The van der Waals surface area contributed by atoms with Crippen molar-refractivity contribution in [2.75, 3.05) is 26.4 Å². The highest BCUT2D eigenvalue weighted by molar-refractivity contribution is 5.76. The summed E-state index contributed by atoms with van der Waals surface area (Å²) >= 11 is 0. The van der Waals surface area contributed by atoms with Crippen LogP contribution in [-0.2, 0) is 33.2 Å². The van der Waals surface area contributed by atoms with Crippen LogP contribution in [0.3, 0.4) is 0 Å². The zero-order valence-corrected chi connectivity index (χ0v) is 49.1. The van der Waals surface area contributed by atoms with Gasteiger partial charge in [-0.1, -0.05) is 199 Å². The molecule has 0 bridgehead atoms. The normalized spacial score (nSPS) is 30.1. The van der Waals surface area contributed by atoms with E-state index in [1.165, 1.54) is 135 Å². The Labute approximate surface area is 479 Å². The summed E-state index contributed by atoms with van der Waals surface area (Å²) in [5.74, 6) is -0.283. The maximum atomic E-state index is 13.3. The predicted octanol–water partition coefficient (Wildman–Crippen LogP) is 6.32. The fraction of sp³-hybridized carbons (Fsp3) is 0.918. The number of carbonyl (C=O) groups excluding carboxylic acids is 1. The third kappa shape index (κ3) is 28.0. The monoisotopic (exact) mass is 1150 g/mol. The van der Waals surface area contributed by atoms with Crippen molar-refractivity contribution in [3.63, 3.8) is 0 Å². The van der Waals surface area contributed by atoms with Gasteiger partial charge in [-0.25, -0.2) is 0 Å². The molecule has 0 aromatic rings. The number of aliphatic hydroxyl groups is 11. The summed E-state index contributed by atoms with van der Waals surface area (Å²) in [6.45, 7) is 1.73. The largest absolute Gasteiger partial charge is 0.394 e. The lowest BCUT2D eigenvalue weighted by Gasteiger charge is -2.48. The first kappa shape index (κ1) is 72.5. The van der Waals surface area contributed by atoms with E-state index in [0.29, 0.717) is 6.42 Å². The van der Waals surface area contributed by atoms with E-state index in [1.54, 1.807) is 6.08 Å². The van der Waals surface area contributed by atoms with Crippen LogP contribution in [0.1, 0.15) is 226 Å². The van der Waals surface area contributed by atoms with Gasteiger partial charge in [-0.05, 0) is 44.9 Å². The zero-order chi connectivity index (χ0) is 58.3. The fourth-order valence-electron chi connectivity index (χ4n) is 10.8. The predicted molar refractivity (Wildman–Crippen MR) is 305 cm³/mol. The molecule has 3 rings (SSSR count). The Morgan fingerprint density at radius 2 is 0.787 bits per heavy atom. The summed E-state index contributed by atoms with van der Waals surface area (Å²) < 4.78 is 34.3. The van der Waals surface area contributed by atoms with E-state index in [2.05, 4.69) is 31.3 Å². The minimum absolute atomic E-state index is 0.235. The number of amides is 1. The maximum Gasteiger partial charge on any atom is 0.220 e. The molecule has 3 aliphatic heterocycles. The molecule has 0 aromatic heterocycles. The summed E-state index contributed by atoms with van der Waals surface area (Å²) in [7, 11) is 0. The Bertz CT molecular complexity index is 1560. The number of hydrogen-bond donors (Lipinski definition) is 12. The van der Waals surface area contributed by atoms with Crippen LogP contribution in [-0.4, -0.2) is 193 Å². The van der Waals surface area contributed by atoms with Crippen molar-refractivity contribution in [2.24, 2.45) is 0 Å². The number of allylic oxidation sites excluding steroid dienone is 3. The van der Waals surface area contributed by atoms with Gasteiger partial charge in [0.2, 0.25) is 5.91 Å². The van der Waals surface area contributed by atoms with Crippen LogP contribution in [0.5, 0.6) is 0 Å². The van der Waals surface area contributed by atoms with E-state index in [-0.39, 0.29) is 18.9 Å². The van der Waals surface area contributed by atoms with Crippen molar-refractivity contribution in [1.82, 2.24) is 5.32 Å². The van der Waals surface area contributed by atoms with E-state index in [1.807, 2.05) is 6.08 Å². The zero-order valence-electron chi connectivity index (χ0n) is 49.1. The minimum atomic E-state index is -1.98. The summed E-state index contributed by atoms with van der Waals surface area (Å²) in [5, 5.41) is 120. The Hall–Kier alpha value is -1.73. The first-order valence-electron chi connectivity index (χ1n) is 31.6. The molecule has 3 fully saturated rings. The van der Waals surface area contributed by atoms with Crippen LogP contribution in [0.25, 0.3) is 0 Å². The SMILES string of the molecule is CCCCCCCCC/C=C\CCCCCCCC(=O)NC(COC1OC(CO)C(OC2OC(CO)C(OC3OC(CO)C(O)C(O)C3O)C(O)C2O)C(O)C1O)C(O)/C=C/CCCCCCCCCCCCCCCCCCC. The Kier molecular flexibility index (Phi) is 40.5. The van der Waals surface area contributed by atoms with Crippen molar-refractivity contribution in [3.05, 3.63) is 24.3 Å². The molecule has 0 aliphatic carbocycles. The van der Waals surface area contributed by atoms with Gasteiger partial charge in [0.25, 0.3) is 0 Å². The van der Waals surface area contributed by atoms with Crippen LogP contribution in [0.2, 0.25) is 0 Å². The fourth-order valence-corrected chi connectivity index (χ4v) is 10.8. The highest BCUT2D eigenvalue weighted by atomic mass is 16.8. The Morgan fingerprint density at radius 1 is 0.438 bits per heavy atom. The molecule has 1 amide bonds. The number of rotatable bonds is 47. The molecule has 0 aromatic carbocycles. The van der Waals surface area contributed by atoms with Gasteiger partial charge in [0, 0.05) is 6.42 Å². The number of aliphatic hydroxyl groups excluding tert-OH is 11. The van der Waals surface area contributed by atoms with E-state index in [0.717, 1.165) is 64.2 Å². The van der Waals surface area contributed by atoms with Crippen LogP contribution in [0.15, 0.2) is 24.3 Å². The molecule has 3 aliphatic rings. The summed E-state index contributed by atoms with van der Waals surface area (Å²) in [5.41, 5.74) is 0. The minimum Gasteiger partial charge on any atom is -0.394 e. The number of carbonyl (C=O) groups is 1. The molecule has 80 heavy (non-hydrogen) atoms. The molecular formula is C61H113NO18. The van der Waals surface area contributed by atoms with Crippen molar-refractivity contribution in [3.8, 4) is 0 Å². The number of nitrogens with one attached hydrogen (secondary N) is 1. The summed E-state index contributed by atoms with van der Waals surface area (Å²) in [4.78, 5) is 13.3. The van der Waals surface area contributed by atoms with E-state index >= 15 is 0 Å². The van der Waals surface area contributed by atoms with E-state index < -0.39 is 124 Å². The van der Waals surface area contributed by atoms with Crippen molar-refractivity contribution in [2.45, 2.75) is 330 Å². The molecule has 3 heterocycles. The molecule has 470 valence electrons. The Morgan fingerprint density at radius 3 is 1.21 bits per heavy atom. The molecule has 12 N–H and O–H groups in total. The molecule has 0 spiro atoms. The van der Waals surface area contributed by atoms with Gasteiger partial charge in [0.15, 0.2) is 18.9 Å². The number of hydrogen-bond acceptors (Lipinski definition) is 18. The molecule has 17 unspecified atom stereocenters. The van der Waals surface area contributed by atoms with Gasteiger partial charge in [0.1, 0.15) is 73.2 Å². The van der Waals surface area contributed by atoms with Crippen LogP contribution in [0, 0.1) is 0 Å². The molecule has 0 radical (unpaired) electrons. The molecule has 17 atom stereocenters. The second kappa shape index (κ2) is 44.7. The lowest BCUT2D eigenvalue weighted by molar-refractivity contribution is -0.379. The average molecular weight is 1150 g/mol. The maximum absolute atomic E-state index is 13.3. The lowest BCUT2D eigenvalue weighted by atomic mass is 9.96. The standard InChI is InChI=1S/C61H113NO18/c1-3-5-7-9-11-13-15-17-19-21-22-23-24-26-28-30-32-34-36-38-45(66)44(62-49(67)39-37-35-33-31-29-27-25-20-18-16-14-12-10-8-6-4-2)43-75-59-55(73)52(70)57(47(41-64)77-59)80-61-56(74)53(71)58(48(42-65)78-61)79-60-54(72)51(69)50(68)46(40-63)76-60/h20,25,36,38,44-48,50-61,63-66,68-74H,3-19,21-24,26-35,37,39-43H2,1-2H3,(H,62,67)/b25-20-,38-36+. The quantitative estimate of drug-likeness (QED) is 0.0234. The topological polar surface area (TPSA) is 307 Å². The van der Waals surface area contributed by atoms with Gasteiger partial charge in [0.05, 0.1) is 38.6 Å². The molecule has 19 heteroatoms. The van der Waals surface area contributed by atoms with Crippen LogP contribution in [0.4, 0.5) is 0 Å². The lowest BCUT2D eigenvalue weighted by Crippen LogP contribution is -2.66. The molecule has 19 nitrogen and oxygen atoms in total. The number of unbranched alkanes of at least 4 members (excludes halogenated alkanes) is 29. The van der Waals surface area contributed by atoms with Crippen molar-refractivity contribution < 1.29 is 89.4 Å². The van der Waals surface area contributed by atoms with Gasteiger partial charge in [-0.2, -0.15) is 0 Å². The highest BCUT2D eigenvalue weighted by Gasteiger charge is 2.53. The van der Waals surface area contributed by atoms with Gasteiger partial charge >= 0.3 is 0 Å². The van der Waals surface area contributed by atoms with Gasteiger partial charge in [-0.15, -0.1) is 0 Å². The molecule has 0 saturated carbocycles. The molecular weight excluding hydrogens is 1030 g/mol. The highest BCUT2D eigenvalue weighted by Crippen LogP contribution is 2.33. The van der Waals surface area contributed by atoms with Gasteiger partial charge < -0.3 is 89.9 Å². The first-order chi connectivity index (χ1) is 38.8. The second-order valence-corrected chi connectivity index (χ2v) is 22.9. The second-order valence-electron chi connectivity index (χ2n) is 22.9. The molecule has 3 saturated heterocycles. The first-order valence-corrected chi connectivity index (χ1v) is 31.6. The third-order valence-corrected chi connectivity index (χ3v) is 16.0. The van der Waals surface area contributed by atoms with Crippen molar-refractivity contribution >= 4 is 5.91 Å². The Balaban J connectivity index is 1.50. The van der Waals surface area contributed by atoms with E-state index in [9.17, 15) is 61.0 Å². The third-order valence-electron chi connectivity index (χ3n) is 16.0. The summed E-state index contributed by atoms with van der Waals surface area (Å²) in [6.07, 6.45) is 20.1. The van der Waals surface area contributed by atoms with Crippen molar-refractivity contribution in [1.29, 1.82) is 0 Å². The smallest absolute Gasteiger partial charge is 0.220 e. The average Bonchev–Trinajstić information content (AvgIpc) is 3.50. The van der Waals surface area contributed by atoms with Crippen LogP contribution < -0.4 is 5.32 Å². The van der Waals surface area contributed by atoms with E-state index in [4.69, 9.17) is 28.4 Å². The van der Waals surface area contributed by atoms with Crippen LogP contribution >= 0.6 is 0 Å².